The van der Waals surface area contributed by atoms with Gasteiger partial charge >= 0.3 is 0 Å². The van der Waals surface area contributed by atoms with Gasteiger partial charge in [0.05, 0.1) is 5.60 Å². The van der Waals surface area contributed by atoms with Crippen LogP contribution in [0.5, 0.6) is 0 Å². The first kappa shape index (κ1) is 14.3. The zero-order valence-corrected chi connectivity index (χ0v) is 12.6. The Balaban J connectivity index is 1.97. The van der Waals surface area contributed by atoms with Crippen molar-refractivity contribution >= 4 is 0 Å². The monoisotopic (exact) mass is 254 g/mol. The highest BCUT2D eigenvalue weighted by molar-refractivity contribution is 4.93. The van der Waals surface area contributed by atoms with Gasteiger partial charge in [0, 0.05) is 38.3 Å². The molecule has 0 aromatic heterocycles. The van der Waals surface area contributed by atoms with Crippen LogP contribution in [0.15, 0.2) is 0 Å². The van der Waals surface area contributed by atoms with Crippen LogP contribution in [-0.4, -0.2) is 60.3 Å². The van der Waals surface area contributed by atoms with Gasteiger partial charge in [-0.15, -0.1) is 0 Å². The third kappa shape index (κ3) is 3.25. The van der Waals surface area contributed by atoms with Gasteiger partial charge in [-0.3, -0.25) is 9.80 Å². The minimum absolute atomic E-state index is 0.0110. The maximum absolute atomic E-state index is 5.88. The summed E-state index contributed by atoms with van der Waals surface area (Å²) in [4.78, 5) is 5.39. The van der Waals surface area contributed by atoms with E-state index in [1.54, 1.807) is 0 Å². The Labute approximate surface area is 112 Å². The highest BCUT2D eigenvalue weighted by atomic mass is 16.5. The number of fused-ring (bicyclic) bond motifs is 1. The van der Waals surface area contributed by atoms with Gasteiger partial charge in [0.1, 0.15) is 0 Å². The standard InChI is InChI=1S/C15H30N2O/c1-5-13-10-16-9-7-8-14(16)11-17(13)12-15(3,4)18-6-2/h13-14H,5-12H2,1-4H3. The van der Waals surface area contributed by atoms with E-state index in [-0.39, 0.29) is 5.60 Å². The Morgan fingerprint density at radius 1 is 1.22 bits per heavy atom. The first-order chi connectivity index (χ1) is 8.55. The normalized spacial score (nSPS) is 30.7. The maximum atomic E-state index is 5.88. The summed E-state index contributed by atoms with van der Waals surface area (Å²) in [6.07, 6.45) is 4.04. The van der Waals surface area contributed by atoms with E-state index in [0.717, 1.165) is 25.2 Å². The van der Waals surface area contributed by atoms with Crippen LogP contribution in [0.1, 0.15) is 47.0 Å². The van der Waals surface area contributed by atoms with E-state index >= 15 is 0 Å². The number of rotatable bonds is 5. The van der Waals surface area contributed by atoms with Gasteiger partial charge in [0.2, 0.25) is 0 Å². The minimum atomic E-state index is -0.0110. The molecule has 2 unspecified atom stereocenters. The number of nitrogens with zero attached hydrogens (tertiary/aromatic N) is 2. The summed E-state index contributed by atoms with van der Waals surface area (Å²) >= 11 is 0. The van der Waals surface area contributed by atoms with Crippen molar-refractivity contribution in [2.24, 2.45) is 0 Å². The number of hydrogen-bond donors (Lipinski definition) is 0. The van der Waals surface area contributed by atoms with Crippen LogP contribution in [0.4, 0.5) is 0 Å². The zero-order chi connectivity index (χ0) is 13.2. The van der Waals surface area contributed by atoms with E-state index < -0.39 is 0 Å². The minimum Gasteiger partial charge on any atom is -0.375 e. The van der Waals surface area contributed by atoms with Crippen LogP contribution in [-0.2, 0) is 4.74 Å². The van der Waals surface area contributed by atoms with Crippen LogP contribution in [0.2, 0.25) is 0 Å². The van der Waals surface area contributed by atoms with E-state index in [2.05, 4.69) is 37.5 Å². The van der Waals surface area contributed by atoms with Crippen LogP contribution in [0.3, 0.4) is 0 Å². The van der Waals surface area contributed by atoms with Crippen LogP contribution < -0.4 is 0 Å². The lowest BCUT2D eigenvalue weighted by Gasteiger charge is -2.46. The molecule has 0 bridgehead atoms. The van der Waals surface area contributed by atoms with E-state index in [0.29, 0.717) is 0 Å². The molecule has 3 heteroatoms. The summed E-state index contributed by atoms with van der Waals surface area (Å²) in [6.45, 7) is 14.6. The third-order valence-corrected chi connectivity index (χ3v) is 4.50. The molecule has 3 nitrogen and oxygen atoms in total. The summed E-state index contributed by atoms with van der Waals surface area (Å²) < 4.78 is 5.88. The van der Waals surface area contributed by atoms with Crippen molar-refractivity contribution in [3.63, 3.8) is 0 Å². The van der Waals surface area contributed by atoms with E-state index in [4.69, 9.17) is 4.74 Å². The Hall–Kier alpha value is -0.120. The molecule has 2 fully saturated rings. The van der Waals surface area contributed by atoms with Crippen molar-refractivity contribution in [2.45, 2.75) is 64.6 Å². The molecule has 18 heavy (non-hydrogen) atoms. The fraction of sp³-hybridized carbons (Fsp3) is 1.00. The zero-order valence-electron chi connectivity index (χ0n) is 12.6. The van der Waals surface area contributed by atoms with E-state index in [1.807, 2.05) is 0 Å². The molecule has 2 heterocycles. The largest absolute Gasteiger partial charge is 0.375 e. The molecule has 2 aliphatic heterocycles. The molecular weight excluding hydrogens is 224 g/mol. The van der Waals surface area contributed by atoms with Gasteiger partial charge in [0.15, 0.2) is 0 Å². The summed E-state index contributed by atoms with van der Waals surface area (Å²) in [7, 11) is 0. The highest BCUT2D eigenvalue weighted by Crippen LogP contribution is 2.27. The van der Waals surface area contributed by atoms with Crippen LogP contribution in [0, 0.1) is 0 Å². The van der Waals surface area contributed by atoms with Crippen molar-refractivity contribution in [3.8, 4) is 0 Å². The Morgan fingerprint density at radius 2 is 2.00 bits per heavy atom. The molecule has 0 aromatic carbocycles. The predicted octanol–water partition coefficient (Wildman–Crippen LogP) is 2.36. The second-order valence-electron chi connectivity index (χ2n) is 6.48. The Kier molecular flexibility index (Phi) is 4.68. The van der Waals surface area contributed by atoms with E-state index in [9.17, 15) is 0 Å². The van der Waals surface area contributed by atoms with Gasteiger partial charge in [-0.2, -0.15) is 0 Å². The van der Waals surface area contributed by atoms with Crippen LogP contribution in [0.25, 0.3) is 0 Å². The van der Waals surface area contributed by atoms with Gasteiger partial charge in [0.25, 0.3) is 0 Å². The van der Waals surface area contributed by atoms with Crippen molar-refractivity contribution in [1.29, 1.82) is 0 Å². The summed E-state index contributed by atoms with van der Waals surface area (Å²) in [5.74, 6) is 0. The van der Waals surface area contributed by atoms with Crippen molar-refractivity contribution in [3.05, 3.63) is 0 Å². The average Bonchev–Trinajstić information content (AvgIpc) is 2.74. The van der Waals surface area contributed by atoms with Gasteiger partial charge in [-0.25, -0.2) is 0 Å². The Bertz CT molecular complexity index is 267. The van der Waals surface area contributed by atoms with Crippen molar-refractivity contribution in [2.75, 3.05) is 32.8 Å². The molecule has 106 valence electrons. The fourth-order valence-electron chi connectivity index (χ4n) is 3.65. The topological polar surface area (TPSA) is 15.7 Å². The van der Waals surface area contributed by atoms with Gasteiger partial charge < -0.3 is 4.74 Å². The van der Waals surface area contributed by atoms with Crippen molar-refractivity contribution in [1.82, 2.24) is 9.80 Å². The quantitative estimate of drug-likeness (QED) is 0.749. The molecule has 0 spiro atoms. The lowest BCUT2D eigenvalue weighted by Crippen LogP contribution is -2.58. The second kappa shape index (κ2) is 5.89. The molecule has 0 amide bonds. The Morgan fingerprint density at radius 3 is 2.67 bits per heavy atom. The molecule has 2 saturated heterocycles. The third-order valence-electron chi connectivity index (χ3n) is 4.50. The molecule has 0 radical (unpaired) electrons. The summed E-state index contributed by atoms with van der Waals surface area (Å²) in [6, 6.07) is 1.53. The molecular formula is C15H30N2O. The number of hydrogen-bond acceptors (Lipinski definition) is 3. The first-order valence-corrected chi connectivity index (χ1v) is 7.67. The van der Waals surface area contributed by atoms with Crippen LogP contribution >= 0.6 is 0 Å². The average molecular weight is 254 g/mol. The maximum Gasteiger partial charge on any atom is 0.0752 e. The lowest BCUT2D eigenvalue weighted by atomic mass is 10.0. The number of ether oxygens (including phenoxy) is 1. The highest BCUT2D eigenvalue weighted by Gasteiger charge is 2.37. The molecule has 2 rings (SSSR count). The molecule has 2 atom stereocenters. The van der Waals surface area contributed by atoms with Crippen molar-refractivity contribution < 1.29 is 4.74 Å². The van der Waals surface area contributed by atoms with Gasteiger partial charge in [-0.05, 0) is 46.6 Å². The fourth-order valence-corrected chi connectivity index (χ4v) is 3.65. The second-order valence-corrected chi connectivity index (χ2v) is 6.48. The SMILES string of the molecule is CCOC(C)(C)CN1CC2CCCN2CC1CC. The van der Waals surface area contributed by atoms with E-state index in [1.165, 1.54) is 38.9 Å². The smallest absolute Gasteiger partial charge is 0.0752 e. The molecule has 0 aromatic rings. The lowest BCUT2D eigenvalue weighted by molar-refractivity contribution is -0.0604. The molecule has 2 aliphatic rings. The molecule has 0 aliphatic carbocycles. The number of piperazine rings is 1. The summed E-state index contributed by atoms with van der Waals surface area (Å²) in [5, 5.41) is 0. The summed E-state index contributed by atoms with van der Waals surface area (Å²) in [5.41, 5.74) is -0.0110. The first-order valence-electron chi connectivity index (χ1n) is 7.67. The molecule has 0 saturated carbocycles. The molecule has 0 N–H and O–H groups in total. The predicted molar refractivity (Wildman–Crippen MR) is 76.0 cm³/mol. The van der Waals surface area contributed by atoms with Gasteiger partial charge in [-0.1, -0.05) is 6.92 Å².